The van der Waals surface area contributed by atoms with Crippen molar-refractivity contribution < 1.29 is 5.11 Å². The number of halogens is 1. The Balaban J connectivity index is 0.00000169. The quantitative estimate of drug-likeness (QED) is 0.740. The average Bonchev–Trinajstić information content (AvgIpc) is 2.26. The van der Waals surface area contributed by atoms with E-state index in [2.05, 4.69) is 11.8 Å². The van der Waals surface area contributed by atoms with E-state index in [0.29, 0.717) is 18.4 Å². The van der Waals surface area contributed by atoms with E-state index in [4.69, 9.17) is 10.8 Å². The van der Waals surface area contributed by atoms with Crippen molar-refractivity contribution in [1.82, 2.24) is 4.90 Å². The molecule has 1 aliphatic heterocycles. The summed E-state index contributed by atoms with van der Waals surface area (Å²) in [7, 11) is 0. The summed E-state index contributed by atoms with van der Waals surface area (Å²) in [4.78, 5) is 2.35. The third-order valence-corrected chi connectivity index (χ3v) is 2.71. The minimum Gasteiger partial charge on any atom is -0.396 e. The van der Waals surface area contributed by atoms with Gasteiger partial charge in [0.2, 0.25) is 0 Å². The molecule has 0 unspecified atom stereocenters. The summed E-state index contributed by atoms with van der Waals surface area (Å²) in [5, 5.41) is 9.09. The lowest BCUT2D eigenvalue weighted by molar-refractivity contribution is 0.200. The normalized spacial score (nSPS) is 28.9. The predicted molar refractivity (Wildman–Crippen MR) is 61.7 cm³/mol. The Morgan fingerprint density at radius 2 is 2.00 bits per heavy atom. The number of aliphatic hydroxyl groups excluding tert-OH is 1. The first-order valence-electron chi connectivity index (χ1n) is 5.04. The topological polar surface area (TPSA) is 49.5 Å². The predicted octanol–water partition coefficient (Wildman–Crippen LogP) is 0.706. The van der Waals surface area contributed by atoms with E-state index in [1.807, 2.05) is 13.8 Å². The zero-order valence-corrected chi connectivity index (χ0v) is 10.2. The molecule has 0 bridgehead atoms. The monoisotopic (exact) mass is 222 g/mol. The van der Waals surface area contributed by atoms with Crippen molar-refractivity contribution in [2.75, 3.05) is 26.2 Å². The van der Waals surface area contributed by atoms with Gasteiger partial charge in [0.15, 0.2) is 0 Å². The maximum Gasteiger partial charge on any atom is 0.0474 e. The van der Waals surface area contributed by atoms with Gasteiger partial charge < -0.3 is 15.7 Å². The molecule has 1 saturated heterocycles. The molecule has 1 fully saturated rings. The van der Waals surface area contributed by atoms with Gasteiger partial charge in [0.25, 0.3) is 0 Å². The van der Waals surface area contributed by atoms with Crippen LogP contribution in [-0.2, 0) is 0 Å². The Bertz CT molecular complexity index is 170. The molecule has 0 aromatic rings. The van der Waals surface area contributed by atoms with E-state index in [9.17, 15) is 0 Å². The van der Waals surface area contributed by atoms with Gasteiger partial charge in [-0.1, -0.05) is 6.92 Å². The third kappa shape index (κ3) is 4.13. The lowest BCUT2D eigenvalue weighted by atomic mass is 10.00. The minimum absolute atomic E-state index is 0. The van der Waals surface area contributed by atoms with Crippen LogP contribution in [0.1, 0.15) is 20.8 Å². The van der Waals surface area contributed by atoms with Gasteiger partial charge in [-0.2, -0.15) is 0 Å². The molecule has 0 aliphatic carbocycles. The average molecular weight is 223 g/mol. The molecule has 86 valence electrons. The van der Waals surface area contributed by atoms with E-state index >= 15 is 0 Å². The molecule has 2 atom stereocenters. The number of rotatable bonds is 3. The highest BCUT2D eigenvalue weighted by Gasteiger charge is 2.30. The Kier molecular flexibility index (Phi) is 5.37. The first-order valence-corrected chi connectivity index (χ1v) is 5.04. The maximum atomic E-state index is 9.09. The molecule has 0 aromatic heterocycles. The largest absolute Gasteiger partial charge is 0.396 e. The highest BCUT2D eigenvalue weighted by atomic mass is 35.5. The van der Waals surface area contributed by atoms with Crippen LogP contribution in [0.2, 0.25) is 0 Å². The molecule has 3 N–H and O–H groups in total. The van der Waals surface area contributed by atoms with Gasteiger partial charge in [0, 0.05) is 31.8 Å². The maximum absolute atomic E-state index is 9.09. The standard InChI is InChI=1S/C10H22N2O.ClH/c1-8-4-12(5-9(8)6-13)7-10(2,3)11;/h8-9,13H,4-7,11H2,1-3H3;1H/t8-,9+;/m1./s1. The summed E-state index contributed by atoms with van der Waals surface area (Å²) in [5.41, 5.74) is 5.82. The van der Waals surface area contributed by atoms with E-state index < -0.39 is 0 Å². The fourth-order valence-electron chi connectivity index (χ4n) is 2.09. The molecule has 0 saturated carbocycles. The van der Waals surface area contributed by atoms with Crippen molar-refractivity contribution in [2.24, 2.45) is 17.6 Å². The van der Waals surface area contributed by atoms with Crippen molar-refractivity contribution in [3.8, 4) is 0 Å². The summed E-state index contributed by atoms with van der Waals surface area (Å²) in [6.07, 6.45) is 0. The summed E-state index contributed by atoms with van der Waals surface area (Å²) in [6.45, 7) is 9.60. The molecule has 1 heterocycles. The third-order valence-electron chi connectivity index (χ3n) is 2.71. The fourth-order valence-corrected chi connectivity index (χ4v) is 2.09. The van der Waals surface area contributed by atoms with Crippen LogP contribution in [0.15, 0.2) is 0 Å². The van der Waals surface area contributed by atoms with Gasteiger partial charge in [-0.15, -0.1) is 12.4 Å². The number of hydrogen-bond acceptors (Lipinski definition) is 3. The smallest absolute Gasteiger partial charge is 0.0474 e. The second-order valence-corrected chi connectivity index (χ2v) is 5.10. The molecular weight excluding hydrogens is 200 g/mol. The van der Waals surface area contributed by atoms with Gasteiger partial charge >= 0.3 is 0 Å². The summed E-state index contributed by atoms with van der Waals surface area (Å²) in [6, 6.07) is 0. The molecule has 3 nitrogen and oxygen atoms in total. The Morgan fingerprint density at radius 1 is 1.43 bits per heavy atom. The summed E-state index contributed by atoms with van der Waals surface area (Å²) in [5.74, 6) is 1.05. The number of nitrogens with two attached hydrogens (primary N) is 1. The number of aliphatic hydroxyl groups is 1. The van der Waals surface area contributed by atoms with E-state index in [0.717, 1.165) is 19.6 Å². The molecule has 0 spiro atoms. The molecule has 4 heteroatoms. The van der Waals surface area contributed by atoms with Gasteiger partial charge in [-0.25, -0.2) is 0 Å². The molecule has 0 radical (unpaired) electrons. The van der Waals surface area contributed by atoms with Crippen LogP contribution >= 0.6 is 12.4 Å². The van der Waals surface area contributed by atoms with Crippen LogP contribution in [0.4, 0.5) is 0 Å². The second-order valence-electron chi connectivity index (χ2n) is 5.10. The van der Waals surface area contributed by atoms with E-state index in [1.165, 1.54) is 0 Å². The van der Waals surface area contributed by atoms with Crippen LogP contribution in [-0.4, -0.2) is 41.8 Å². The highest BCUT2D eigenvalue weighted by Crippen LogP contribution is 2.23. The lowest BCUT2D eigenvalue weighted by Crippen LogP contribution is -2.44. The van der Waals surface area contributed by atoms with Crippen molar-refractivity contribution >= 4 is 12.4 Å². The summed E-state index contributed by atoms with van der Waals surface area (Å²) < 4.78 is 0. The molecule has 14 heavy (non-hydrogen) atoms. The zero-order chi connectivity index (χ0) is 10.1. The fraction of sp³-hybridized carbons (Fsp3) is 1.00. The van der Waals surface area contributed by atoms with Crippen molar-refractivity contribution in [3.63, 3.8) is 0 Å². The zero-order valence-electron chi connectivity index (χ0n) is 9.36. The van der Waals surface area contributed by atoms with Crippen LogP contribution in [0.3, 0.4) is 0 Å². The molecule has 0 aromatic carbocycles. The lowest BCUT2D eigenvalue weighted by Gasteiger charge is -2.26. The van der Waals surface area contributed by atoms with Gasteiger partial charge in [-0.3, -0.25) is 0 Å². The van der Waals surface area contributed by atoms with Gasteiger partial charge in [-0.05, 0) is 25.7 Å². The van der Waals surface area contributed by atoms with Crippen LogP contribution in [0.25, 0.3) is 0 Å². The molecule has 1 aliphatic rings. The summed E-state index contributed by atoms with van der Waals surface area (Å²) >= 11 is 0. The van der Waals surface area contributed by atoms with Gasteiger partial charge in [0.1, 0.15) is 0 Å². The Morgan fingerprint density at radius 3 is 2.36 bits per heavy atom. The van der Waals surface area contributed by atoms with E-state index in [1.54, 1.807) is 0 Å². The second kappa shape index (κ2) is 5.31. The van der Waals surface area contributed by atoms with Crippen LogP contribution < -0.4 is 5.73 Å². The molecule has 1 rings (SSSR count). The molecule has 0 amide bonds. The van der Waals surface area contributed by atoms with Crippen LogP contribution in [0, 0.1) is 11.8 Å². The SMILES string of the molecule is C[C@@H]1CN(CC(C)(C)N)C[C@H]1CO.Cl. The molecular formula is C10H23ClN2O. The first-order chi connectivity index (χ1) is 5.92. The highest BCUT2D eigenvalue weighted by molar-refractivity contribution is 5.85. The van der Waals surface area contributed by atoms with Crippen molar-refractivity contribution in [3.05, 3.63) is 0 Å². The van der Waals surface area contributed by atoms with Gasteiger partial charge in [0.05, 0.1) is 0 Å². The number of nitrogens with zero attached hydrogens (tertiary/aromatic N) is 1. The first kappa shape index (κ1) is 14.2. The Hall–Kier alpha value is 0.170. The number of likely N-dealkylation sites (tertiary alicyclic amines) is 1. The van der Waals surface area contributed by atoms with Crippen molar-refractivity contribution in [2.45, 2.75) is 26.3 Å². The Labute approximate surface area is 93.1 Å². The minimum atomic E-state index is -0.121. The van der Waals surface area contributed by atoms with E-state index in [-0.39, 0.29) is 17.9 Å². The number of hydrogen-bond donors (Lipinski definition) is 2. The van der Waals surface area contributed by atoms with Crippen LogP contribution in [0.5, 0.6) is 0 Å². The van der Waals surface area contributed by atoms with Crippen molar-refractivity contribution in [1.29, 1.82) is 0 Å².